The fraction of sp³-hybridized carbons (Fsp3) is 0.0182. The van der Waals surface area contributed by atoms with Crippen LogP contribution in [0.15, 0.2) is 231 Å². The summed E-state index contributed by atoms with van der Waals surface area (Å²) in [6.07, 6.45) is 0. The SMILES string of the molecule is c1ccc(-c2ccc(N(c3ccc(-c4ccccc4)cc3)c3ccc4c(c3)N(c3ccccc3)c3ccccc3C43c4ccccc4-c4ccccc43)cc2)cc1. The van der Waals surface area contributed by atoms with E-state index in [1.54, 1.807) is 0 Å². The van der Waals surface area contributed by atoms with Crippen LogP contribution in [0, 0.1) is 0 Å². The summed E-state index contributed by atoms with van der Waals surface area (Å²) in [5.41, 5.74) is 18.8. The molecule has 0 fully saturated rings. The zero-order valence-electron chi connectivity index (χ0n) is 31.3. The minimum atomic E-state index is -0.498. The van der Waals surface area contributed by atoms with Gasteiger partial charge in [-0.3, -0.25) is 0 Å². The summed E-state index contributed by atoms with van der Waals surface area (Å²) >= 11 is 0. The molecule has 0 atom stereocenters. The highest BCUT2D eigenvalue weighted by Crippen LogP contribution is 2.63. The van der Waals surface area contributed by atoms with Crippen molar-refractivity contribution in [3.05, 3.63) is 253 Å². The van der Waals surface area contributed by atoms with Crippen LogP contribution in [0.5, 0.6) is 0 Å². The van der Waals surface area contributed by atoms with Crippen molar-refractivity contribution in [3.8, 4) is 33.4 Å². The molecule has 268 valence electrons. The number of fused-ring (bicyclic) bond motifs is 9. The number of hydrogen-bond donors (Lipinski definition) is 0. The van der Waals surface area contributed by atoms with Crippen LogP contribution in [0.2, 0.25) is 0 Å². The van der Waals surface area contributed by atoms with Gasteiger partial charge in [0.1, 0.15) is 0 Å². The molecular formula is C55H38N2. The van der Waals surface area contributed by atoms with E-state index in [-0.39, 0.29) is 0 Å². The van der Waals surface area contributed by atoms with E-state index in [0.717, 1.165) is 28.4 Å². The molecule has 2 aliphatic rings. The van der Waals surface area contributed by atoms with Crippen LogP contribution in [-0.4, -0.2) is 0 Å². The number of nitrogens with zero attached hydrogens (tertiary/aromatic N) is 2. The summed E-state index contributed by atoms with van der Waals surface area (Å²) in [6, 6.07) is 84.2. The van der Waals surface area contributed by atoms with Crippen LogP contribution >= 0.6 is 0 Å². The molecule has 9 aromatic carbocycles. The second kappa shape index (κ2) is 13.4. The zero-order valence-corrected chi connectivity index (χ0v) is 31.3. The second-order valence-corrected chi connectivity index (χ2v) is 14.9. The van der Waals surface area contributed by atoms with Crippen molar-refractivity contribution in [2.75, 3.05) is 9.80 Å². The molecule has 2 nitrogen and oxygen atoms in total. The summed E-state index contributed by atoms with van der Waals surface area (Å²) in [7, 11) is 0. The minimum absolute atomic E-state index is 0.498. The summed E-state index contributed by atoms with van der Waals surface area (Å²) in [5.74, 6) is 0. The van der Waals surface area contributed by atoms with Gasteiger partial charge in [-0.15, -0.1) is 0 Å². The Morgan fingerprint density at radius 3 is 1.25 bits per heavy atom. The Bertz CT molecular complexity index is 2750. The van der Waals surface area contributed by atoms with Crippen molar-refractivity contribution in [1.82, 2.24) is 0 Å². The Morgan fingerprint density at radius 1 is 0.298 bits per heavy atom. The summed E-state index contributed by atoms with van der Waals surface area (Å²) in [5, 5.41) is 0. The molecule has 0 N–H and O–H groups in total. The number of para-hydroxylation sites is 2. The van der Waals surface area contributed by atoms with Gasteiger partial charge in [0.25, 0.3) is 0 Å². The standard InChI is InChI=1S/C55H38N2/c1-4-16-39(17-5-1)41-28-32-44(33-29-41)56(45-34-30-42(31-35-45)40-18-6-2-7-19-40)46-36-37-52-54(38-46)57(43-20-8-3-9-21-43)53-27-15-14-26-51(53)55(52)49-24-12-10-22-47(49)48-23-11-13-25-50(48)55/h1-38H. The maximum Gasteiger partial charge on any atom is 0.0754 e. The fourth-order valence-corrected chi connectivity index (χ4v) is 9.41. The highest BCUT2D eigenvalue weighted by atomic mass is 15.2. The molecule has 2 heteroatoms. The lowest BCUT2D eigenvalue weighted by Gasteiger charge is -2.45. The molecule has 1 heterocycles. The van der Waals surface area contributed by atoms with Crippen molar-refractivity contribution >= 4 is 34.1 Å². The highest BCUT2D eigenvalue weighted by Gasteiger charge is 2.51. The molecule has 0 saturated heterocycles. The van der Waals surface area contributed by atoms with E-state index in [1.165, 1.54) is 61.3 Å². The lowest BCUT2D eigenvalue weighted by molar-refractivity contribution is 0.752. The van der Waals surface area contributed by atoms with Crippen molar-refractivity contribution in [3.63, 3.8) is 0 Å². The van der Waals surface area contributed by atoms with Crippen molar-refractivity contribution in [2.24, 2.45) is 0 Å². The van der Waals surface area contributed by atoms with Gasteiger partial charge < -0.3 is 9.80 Å². The van der Waals surface area contributed by atoms with Crippen LogP contribution in [0.25, 0.3) is 33.4 Å². The maximum atomic E-state index is 2.47. The van der Waals surface area contributed by atoms with Crippen LogP contribution < -0.4 is 9.80 Å². The molecule has 11 rings (SSSR count). The van der Waals surface area contributed by atoms with Crippen LogP contribution in [0.3, 0.4) is 0 Å². The molecule has 57 heavy (non-hydrogen) atoms. The van der Waals surface area contributed by atoms with Gasteiger partial charge in [0.05, 0.1) is 16.8 Å². The van der Waals surface area contributed by atoms with E-state index in [2.05, 4.69) is 240 Å². The van der Waals surface area contributed by atoms with Gasteiger partial charge in [-0.25, -0.2) is 0 Å². The molecule has 0 bridgehead atoms. The summed E-state index contributed by atoms with van der Waals surface area (Å²) in [6.45, 7) is 0. The largest absolute Gasteiger partial charge is 0.310 e. The molecule has 1 aliphatic carbocycles. The van der Waals surface area contributed by atoms with Gasteiger partial charge in [-0.1, -0.05) is 176 Å². The maximum absolute atomic E-state index is 2.47. The van der Waals surface area contributed by atoms with E-state index in [9.17, 15) is 0 Å². The molecule has 0 saturated carbocycles. The third-order valence-electron chi connectivity index (χ3n) is 11.9. The van der Waals surface area contributed by atoms with E-state index >= 15 is 0 Å². The monoisotopic (exact) mass is 726 g/mol. The van der Waals surface area contributed by atoms with E-state index in [0.29, 0.717) is 0 Å². The first-order chi connectivity index (χ1) is 28.3. The smallest absolute Gasteiger partial charge is 0.0754 e. The van der Waals surface area contributed by atoms with Gasteiger partial charge >= 0.3 is 0 Å². The summed E-state index contributed by atoms with van der Waals surface area (Å²) < 4.78 is 0. The Hall–Kier alpha value is -7.42. The summed E-state index contributed by atoms with van der Waals surface area (Å²) in [4.78, 5) is 4.87. The predicted octanol–water partition coefficient (Wildman–Crippen LogP) is 14.6. The number of rotatable bonds is 6. The molecule has 0 radical (unpaired) electrons. The lowest BCUT2D eigenvalue weighted by atomic mass is 9.64. The molecular weight excluding hydrogens is 689 g/mol. The Kier molecular flexibility index (Phi) is 7.75. The van der Waals surface area contributed by atoms with Crippen LogP contribution in [0.4, 0.5) is 34.1 Å². The van der Waals surface area contributed by atoms with E-state index in [1.807, 2.05) is 0 Å². The Balaban J connectivity index is 1.16. The zero-order chi connectivity index (χ0) is 37.8. The van der Waals surface area contributed by atoms with E-state index < -0.39 is 5.41 Å². The average molecular weight is 727 g/mol. The van der Waals surface area contributed by atoms with Gasteiger partial charge in [0, 0.05) is 22.7 Å². The number of hydrogen-bond acceptors (Lipinski definition) is 2. The first-order valence-electron chi connectivity index (χ1n) is 19.7. The number of benzene rings is 9. The molecule has 1 spiro atoms. The van der Waals surface area contributed by atoms with E-state index in [4.69, 9.17) is 0 Å². The quantitative estimate of drug-likeness (QED) is 0.168. The van der Waals surface area contributed by atoms with Gasteiger partial charge in [-0.05, 0) is 110 Å². The molecule has 0 aromatic heterocycles. The number of anilines is 6. The third-order valence-corrected chi connectivity index (χ3v) is 11.9. The molecule has 1 aliphatic heterocycles. The minimum Gasteiger partial charge on any atom is -0.310 e. The van der Waals surface area contributed by atoms with Crippen molar-refractivity contribution in [2.45, 2.75) is 5.41 Å². The van der Waals surface area contributed by atoms with Gasteiger partial charge in [0.15, 0.2) is 0 Å². The fourth-order valence-electron chi connectivity index (χ4n) is 9.41. The first kappa shape index (κ1) is 33.0. The molecule has 0 unspecified atom stereocenters. The predicted molar refractivity (Wildman–Crippen MR) is 238 cm³/mol. The topological polar surface area (TPSA) is 6.48 Å². The van der Waals surface area contributed by atoms with Crippen LogP contribution in [-0.2, 0) is 5.41 Å². The molecule has 0 amide bonds. The third kappa shape index (κ3) is 5.18. The second-order valence-electron chi connectivity index (χ2n) is 14.9. The van der Waals surface area contributed by atoms with Crippen molar-refractivity contribution in [1.29, 1.82) is 0 Å². The van der Waals surface area contributed by atoms with Gasteiger partial charge in [-0.2, -0.15) is 0 Å². The Labute approximate surface area is 334 Å². The lowest BCUT2D eigenvalue weighted by Crippen LogP contribution is -2.36. The van der Waals surface area contributed by atoms with Gasteiger partial charge in [0.2, 0.25) is 0 Å². The Morgan fingerprint density at radius 2 is 0.702 bits per heavy atom. The normalized spacial score (nSPS) is 13.0. The average Bonchev–Trinajstić information content (AvgIpc) is 3.59. The van der Waals surface area contributed by atoms with Crippen molar-refractivity contribution < 1.29 is 0 Å². The first-order valence-corrected chi connectivity index (χ1v) is 19.7. The highest BCUT2D eigenvalue weighted by molar-refractivity contribution is 5.97. The molecule has 9 aromatic rings. The van der Waals surface area contributed by atoms with Crippen LogP contribution in [0.1, 0.15) is 22.3 Å².